The molecule has 0 saturated carbocycles. The average Bonchev–Trinajstić information content (AvgIpc) is 3.26. The molecule has 2 aliphatic rings. The molecule has 2 aliphatic heterocycles. The molecule has 4 aromatic rings. The van der Waals surface area contributed by atoms with E-state index in [9.17, 15) is 28.6 Å². The third-order valence-corrected chi connectivity index (χ3v) is 13.4. The summed E-state index contributed by atoms with van der Waals surface area (Å²) < 4.78 is 61.1. The maximum absolute atomic E-state index is 16.2. The highest BCUT2D eigenvalue weighted by atomic mass is 19.1. The van der Waals surface area contributed by atoms with Crippen molar-refractivity contribution in [3.8, 4) is 11.5 Å². The number of aromatic hydroxyl groups is 2. The van der Waals surface area contributed by atoms with Crippen LogP contribution in [0.1, 0.15) is 80.5 Å². The van der Waals surface area contributed by atoms with Gasteiger partial charge in [0.2, 0.25) is 0 Å². The van der Waals surface area contributed by atoms with Gasteiger partial charge in [0, 0.05) is 61.7 Å². The van der Waals surface area contributed by atoms with Crippen LogP contribution < -0.4 is 0 Å². The van der Waals surface area contributed by atoms with E-state index in [0.717, 1.165) is 75.2 Å². The Kier molecular flexibility index (Phi) is 16.2. The smallest absolute Gasteiger partial charge is 0.171 e. The molecule has 6 rings (SSSR count). The largest absolute Gasteiger partial charge is 0.507 e. The van der Waals surface area contributed by atoms with Crippen molar-refractivity contribution < 1.29 is 42.2 Å². The second-order valence-corrected chi connectivity index (χ2v) is 18.4. The number of rotatable bonds is 18. The van der Waals surface area contributed by atoms with Gasteiger partial charge in [-0.3, -0.25) is 14.4 Å². The van der Waals surface area contributed by atoms with Gasteiger partial charge >= 0.3 is 0 Å². The van der Waals surface area contributed by atoms with Gasteiger partial charge in [0.25, 0.3) is 0 Å². The maximum Gasteiger partial charge on any atom is 0.171 e. The highest BCUT2D eigenvalue weighted by Gasteiger charge is 2.52. The Balaban J connectivity index is 1.54. The Morgan fingerprint density at radius 1 is 0.562 bits per heavy atom. The number of phenols is 2. The Hall–Kier alpha value is -4.95. The third-order valence-electron chi connectivity index (χ3n) is 13.4. The number of hydrogen-bond acceptors (Lipinski definition) is 9. The van der Waals surface area contributed by atoms with Gasteiger partial charge in [0.1, 0.15) is 40.6 Å². The van der Waals surface area contributed by atoms with E-state index in [1.54, 1.807) is 26.0 Å². The van der Waals surface area contributed by atoms with Crippen LogP contribution in [0.3, 0.4) is 0 Å². The van der Waals surface area contributed by atoms with Gasteiger partial charge in [-0.05, 0) is 165 Å². The van der Waals surface area contributed by atoms with Crippen molar-refractivity contribution in [1.82, 2.24) is 19.6 Å². The fourth-order valence-corrected chi connectivity index (χ4v) is 10.1. The second kappa shape index (κ2) is 21.4. The van der Waals surface area contributed by atoms with E-state index < -0.39 is 81.8 Å². The molecule has 9 nitrogen and oxygen atoms in total. The molecule has 0 amide bonds. The van der Waals surface area contributed by atoms with Gasteiger partial charge in [-0.2, -0.15) is 0 Å². The quantitative estimate of drug-likeness (QED) is 0.0581. The number of ketones is 3. The number of carbonyl (C=O) groups is 3. The number of benzene rings is 4. The number of piperidine rings is 2. The molecule has 0 spiro atoms. The first-order chi connectivity index (χ1) is 30.5. The van der Waals surface area contributed by atoms with Crippen molar-refractivity contribution in [3.63, 3.8) is 0 Å². The molecule has 13 heteroatoms. The number of likely N-dealkylation sites (tertiary alicyclic amines) is 2. The Morgan fingerprint density at radius 3 is 1.31 bits per heavy atom. The van der Waals surface area contributed by atoms with Gasteiger partial charge < -0.3 is 29.8 Å². The van der Waals surface area contributed by atoms with Crippen molar-refractivity contribution in [1.29, 1.82) is 0 Å². The number of halogens is 4. The van der Waals surface area contributed by atoms with Gasteiger partial charge in [-0.1, -0.05) is 24.3 Å². The molecule has 0 aromatic heterocycles. The van der Waals surface area contributed by atoms with Crippen LogP contribution in [-0.4, -0.2) is 128 Å². The molecule has 6 atom stereocenters. The lowest BCUT2D eigenvalue weighted by molar-refractivity contribution is -0.133. The first-order valence-corrected chi connectivity index (χ1v) is 22.3. The SMILES string of the molecule is Cc1c(F)cccc1C1C(C(=O)c2cc(F)ccc2O)CN(CCCCN(C)C)CC1C(=O)C1CN(CCCCN(C)C)CC(C(=O)c2cc(F)ccc2O)C1c1cccc(F)c1C. The predicted octanol–water partition coefficient (Wildman–Crippen LogP) is 8.25. The summed E-state index contributed by atoms with van der Waals surface area (Å²) in [6, 6.07) is 15.4. The summed E-state index contributed by atoms with van der Waals surface area (Å²) in [6.45, 7) is 6.39. The van der Waals surface area contributed by atoms with Crippen LogP contribution in [0.25, 0.3) is 0 Å². The van der Waals surface area contributed by atoms with Gasteiger partial charge in [-0.25, -0.2) is 17.6 Å². The van der Waals surface area contributed by atoms with Gasteiger partial charge in [-0.15, -0.1) is 0 Å². The van der Waals surface area contributed by atoms with Gasteiger partial charge in [0.15, 0.2) is 11.6 Å². The lowest BCUT2D eigenvalue weighted by atomic mass is 9.62. The lowest BCUT2D eigenvalue weighted by Gasteiger charge is -2.48. The zero-order chi connectivity index (χ0) is 46.4. The Bertz CT molecular complexity index is 2150. The molecule has 6 unspecified atom stereocenters. The van der Waals surface area contributed by atoms with Crippen molar-refractivity contribution >= 4 is 17.3 Å². The normalized spacial score (nSPS) is 22.0. The van der Waals surface area contributed by atoms with Crippen LogP contribution in [0.5, 0.6) is 11.5 Å². The van der Waals surface area contributed by atoms with Crippen molar-refractivity contribution in [2.45, 2.75) is 51.4 Å². The lowest BCUT2D eigenvalue weighted by Crippen LogP contribution is -2.56. The van der Waals surface area contributed by atoms with E-state index >= 15 is 13.6 Å². The van der Waals surface area contributed by atoms with Crippen LogP contribution in [0.4, 0.5) is 17.6 Å². The molecule has 64 heavy (non-hydrogen) atoms. The molecular formula is C51H62F4N4O5. The summed E-state index contributed by atoms with van der Waals surface area (Å²) in [6.07, 6.45) is 3.08. The maximum atomic E-state index is 16.2. The number of unbranched alkanes of at least 4 members (excludes halogenated alkanes) is 2. The van der Waals surface area contributed by atoms with E-state index in [0.29, 0.717) is 24.2 Å². The monoisotopic (exact) mass is 886 g/mol. The number of Topliss-reactive ketones (excluding diaryl/α,β-unsaturated/α-hetero) is 3. The molecule has 2 heterocycles. The van der Waals surface area contributed by atoms with E-state index in [-0.39, 0.29) is 54.2 Å². The minimum atomic E-state index is -1.05. The van der Waals surface area contributed by atoms with Crippen LogP contribution >= 0.6 is 0 Å². The van der Waals surface area contributed by atoms with Crippen LogP contribution in [0, 0.1) is 60.8 Å². The summed E-state index contributed by atoms with van der Waals surface area (Å²) in [5, 5.41) is 22.0. The molecule has 2 fully saturated rings. The number of carbonyl (C=O) groups excluding carboxylic acids is 3. The highest BCUT2D eigenvalue weighted by molar-refractivity contribution is 6.03. The summed E-state index contributed by atoms with van der Waals surface area (Å²) in [5.41, 5.74) is 0.827. The second-order valence-electron chi connectivity index (χ2n) is 18.4. The molecule has 2 saturated heterocycles. The molecule has 0 bridgehead atoms. The fraction of sp³-hybridized carbons (Fsp3) is 0.471. The van der Waals surface area contributed by atoms with Crippen LogP contribution in [0.15, 0.2) is 72.8 Å². The zero-order valence-electron chi connectivity index (χ0n) is 37.8. The number of phenolic OH excluding ortho intramolecular Hbond substituents is 2. The van der Waals surface area contributed by atoms with E-state index in [1.807, 2.05) is 38.0 Å². The first kappa shape index (κ1) is 48.5. The molecule has 344 valence electrons. The van der Waals surface area contributed by atoms with Crippen LogP contribution in [0.2, 0.25) is 0 Å². The van der Waals surface area contributed by atoms with E-state index in [2.05, 4.69) is 9.80 Å². The Morgan fingerprint density at radius 2 is 0.938 bits per heavy atom. The first-order valence-electron chi connectivity index (χ1n) is 22.3. The standard InChI is InChI=1S/C51H62F4N4O5/c1-31-35(13-11-15-43(31)54)47-39(49(62)37-25-33(52)17-19-45(37)60)27-58(23-9-7-21-56(3)4)29-41(47)51(64)42-30-59(24-10-8-22-57(5)6)28-40(48(42)36-14-12-16-44(55)32(36)2)50(63)38-26-34(53)18-20-46(38)61/h11-20,25-26,39-42,47-48,60-61H,7-10,21-24,27-30H2,1-6H3. The molecule has 2 N–H and O–H groups in total. The highest BCUT2D eigenvalue weighted by Crippen LogP contribution is 2.48. The summed E-state index contributed by atoms with van der Waals surface area (Å²) in [7, 11) is 7.90. The molecule has 0 aliphatic carbocycles. The molecular weight excluding hydrogens is 825 g/mol. The van der Waals surface area contributed by atoms with Crippen LogP contribution in [-0.2, 0) is 4.79 Å². The summed E-state index contributed by atoms with van der Waals surface area (Å²) in [4.78, 5) is 54.2. The fourth-order valence-electron chi connectivity index (χ4n) is 10.1. The minimum absolute atomic E-state index is 0.135. The third kappa shape index (κ3) is 11.1. The van der Waals surface area contributed by atoms with E-state index in [1.165, 1.54) is 24.3 Å². The van der Waals surface area contributed by atoms with Crippen molar-refractivity contribution in [3.05, 3.63) is 129 Å². The minimum Gasteiger partial charge on any atom is -0.507 e. The summed E-state index contributed by atoms with van der Waals surface area (Å²) >= 11 is 0. The average molecular weight is 887 g/mol. The molecule has 0 radical (unpaired) electrons. The van der Waals surface area contributed by atoms with Crippen molar-refractivity contribution in [2.75, 3.05) is 80.5 Å². The number of nitrogens with zero attached hydrogens (tertiary/aromatic N) is 4. The zero-order valence-corrected chi connectivity index (χ0v) is 37.8. The van der Waals surface area contributed by atoms with Gasteiger partial charge in [0.05, 0.1) is 11.1 Å². The summed E-state index contributed by atoms with van der Waals surface area (Å²) in [5.74, 6) is -10.9. The Labute approximate surface area is 374 Å². The van der Waals surface area contributed by atoms with Crippen molar-refractivity contribution in [2.24, 2.45) is 23.7 Å². The number of hydrogen-bond donors (Lipinski definition) is 2. The van der Waals surface area contributed by atoms with E-state index in [4.69, 9.17) is 0 Å². The topological polar surface area (TPSA) is 105 Å². The molecule has 4 aromatic carbocycles. The predicted molar refractivity (Wildman–Crippen MR) is 240 cm³/mol.